The number of hydrogen-bond acceptors (Lipinski definition) is 6. The largest absolute Gasteiger partial charge is 0.435 e. The topological polar surface area (TPSA) is 95.1 Å². The third-order valence-corrected chi connectivity index (χ3v) is 5.61. The van der Waals surface area contributed by atoms with Gasteiger partial charge in [0.1, 0.15) is 5.75 Å². The lowest BCUT2D eigenvalue weighted by atomic mass is 10.2. The summed E-state index contributed by atoms with van der Waals surface area (Å²) in [6, 6.07) is 11.4. The maximum absolute atomic E-state index is 12.2. The Kier molecular flexibility index (Phi) is 6.70. The fourth-order valence-electron chi connectivity index (χ4n) is 2.41. The molecule has 1 amide bonds. The van der Waals surface area contributed by atoms with E-state index in [4.69, 9.17) is 5.84 Å². The van der Waals surface area contributed by atoms with Gasteiger partial charge in [-0.05, 0) is 55.0 Å². The second-order valence-corrected chi connectivity index (χ2v) is 7.68. The van der Waals surface area contributed by atoms with Crippen molar-refractivity contribution in [3.05, 3.63) is 52.5 Å². The third kappa shape index (κ3) is 5.45. The Labute approximate surface area is 177 Å². The number of carbonyl (C=O) groups excluding carboxylic acids is 1. The number of alkyl halides is 2. The van der Waals surface area contributed by atoms with Gasteiger partial charge in [0.25, 0.3) is 0 Å². The van der Waals surface area contributed by atoms with Crippen molar-refractivity contribution in [2.75, 3.05) is 16.9 Å². The van der Waals surface area contributed by atoms with E-state index in [1.807, 2.05) is 19.1 Å². The maximum Gasteiger partial charge on any atom is 0.387 e. The van der Waals surface area contributed by atoms with Gasteiger partial charge in [-0.25, -0.2) is 4.68 Å². The molecule has 0 atom stereocenters. The van der Waals surface area contributed by atoms with Crippen molar-refractivity contribution in [2.45, 2.75) is 18.7 Å². The number of aryl methyl sites for hydroxylation is 1. The van der Waals surface area contributed by atoms with Crippen LogP contribution in [0.1, 0.15) is 5.56 Å². The Balaban J connectivity index is 1.62. The minimum absolute atomic E-state index is 0.0290. The van der Waals surface area contributed by atoms with E-state index in [-0.39, 0.29) is 17.4 Å². The second-order valence-electron chi connectivity index (χ2n) is 5.88. The molecule has 7 nitrogen and oxygen atoms in total. The highest BCUT2D eigenvalue weighted by molar-refractivity contribution is 9.10. The molecule has 0 aliphatic heterocycles. The Bertz CT molecular complexity index is 1010. The number of anilines is 1. The van der Waals surface area contributed by atoms with Crippen LogP contribution in [-0.4, -0.2) is 33.1 Å². The fraction of sp³-hybridized carbons (Fsp3) is 0.167. The Morgan fingerprint density at radius 1 is 1.28 bits per heavy atom. The number of aromatic nitrogens is 3. The first-order valence-electron chi connectivity index (χ1n) is 8.28. The standard InChI is InChI=1S/C18H16BrF2N5O2S/c1-10-8-12(4-7-14(10)19)23-15(27)9-29-18-25-24-16(26(18)22)11-2-5-13(6-3-11)28-17(20)21/h2-8,17H,9,22H2,1H3,(H,23,27). The number of nitrogens with one attached hydrogen (secondary N) is 1. The lowest BCUT2D eigenvalue weighted by Gasteiger charge is -2.07. The summed E-state index contributed by atoms with van der Waals surface area (Å²) in [5.74, 6) is 6.25. The Morgan fingerprint density at radius 2 is 2.00 bits per heavy atom. The van der Waals surface area contributed by atoms with Gasteiger partial charge in [-0.2, -0.15) is 8.78 Å². The van der Waals surface area contributed by atoms with Gasteiger partial charge >= 0.3 is 6.61 Å². The van der Waals surface area contributed by atoms with E-state index in [0.717, 1.165) is 21.8 Å². The Hall–Kier alpha value is -2.66. The van der Waals surface area contributed by atoms with Gasteiger partial charge in [0.05, 0.1) is 5.75 Å². The van der Waals surface area contributed by atoms with Gasteiger partial charge < -0.3 is 15.9 Å². The van der Waals surface area contributed by atoms with E-state index in [0.29, 0.717) is 22.2 Å². The van der Waals surface area contributed by atoms with Gasteiger partial charge in [-0.15, -0.1) is 10.2 Å². The number of nitrogens with zero attached hydrogens (tertiary/aromatic N) is 3. The molecule has 3 rings (SSSR count). The minimum Gasteiger partial charge on any atom is -0.435 e. The van der Waals surface area contributed by atoms with Crippen molar-refractivity contribution in [3.8, 4) is 17.1 Å². The fourth-order valence-corrected chi connectivity index (χ4v) is 3.31. The van der Waals surface area contributed by atoms with Crippen LogP contribution in [0.15, 0.2) is 52.1 Å². The minimum atomic E-state index is -2.89. The molecular weight excluding hydrogens is 468 g/mol. The highest BCUT2D eigenvalue weighted by atomic mass is 79.9. The molecule has 11 heteroatoms. The van der Waals surface area contributed by atoms with Crippen LogP contribution in [0.4, 0.5) is 14.5 Å². The van der Waals surface area contributed by atoms with Crippen LogP contribution >= 0.6 is 27.7 Å². The van der Waals surface area contributed by atoms with Crippen LogP contribution in [0, 0.1) is 6.92 Å². The van der Waals surface area contributed by atoms with Crippen molar-refractivity contribution >= 4 is 39.3 Å². The molecule has 0 fully saturated rings. The van der Waals surface area contributed by atoms with Crippen molar-refractivity contribution in [1.82, 2.24) is 14.9 Å². The Morgan fingerprint density at radius 3 is 2.66 bits per heavy atom. The van der Waals surface area contributed by atoms with E-state index in [2.05, 4.69) is 36.2 Å². The molecule has 1 heterocycles. The molecule has 0 unspecified atom stereocenters. The number of rotatable bonds is 7. The van der Waals surface area contributed by atoms with E-state index in [1.54, 1.807) is 18.2 Å². The molecular formula is C18H16BrF2N5O2S. The summed E-state index contributed by atoms with van der Waals surface area (Å²) in [6.07, 6.45) is 0. The summed E-state index contributed by atoms with van der Waals surface area (Å²) in [7, 11) is 0. The zero-order valence-electron chi connectivity index (χ0n) is 15.1. The predicted molar refractivity (Wildman–Crippen MR) is 110 cm³/mol. The van der Waals surface area contributed by atoms with Gasteiger partial charge in [0, 0.05) is 15.7 Å². The molecule has 0 aliphatic rings. The first-order valence-corrected chi connectivity index (χ1v) is 10.1. The monoisotopic (exact) mass is 483 g/mol. The average Bonchev–Trinajstić information content (AvgIpc) is 3.04. The first kappa shape index (κ1) is 21.1. The molecule has 0 bridgehead atoms. The molecule has 152 valence electrons. The van der Waals surface area contributed by atoms with E-state index >= 15 is 0 Å². The van der Waals surface area contributed by atoms with Gasteiger partial charge in [0.2, 0.25) is 11.1 Å². The normalized spacial score (nSPS) is 10.9. The number of benzene rings is 2. The molecule has 3 aromatic rings. The molecule has 0 spiro atoms. The number of nitrogen functional groups attached to an aromatic ring is 1. The van der Waals surface area contributed by atoms with Crippen LogP contribution < -0.4 is 15.9 Å². The van der Waals surface area contributed by atoms with Crippen molar-refractivity contribution in [2.24, 2.45) is 0 Å². The van der Waals surface area contributed by atoms with Crippen molar-refractivity contribution in [3.63, 3.8) is 0 Å². The number of carbonyl (C=O) groups is 1. The second kappa shape index (κ2) is 9.23. The predicted octanol–water partition coefficient (Wildman–Crippen LogP) is 4.06. The zero-order valence-corrected chi connectivity index (χ0v) is 17.5. The van der Waals surface area contributed by atoms with Crippen LogP contribution in [0.2, 0.25) is 0 Å². The van der Waals surface area contributed by atoms with E-state index in [9.17, 15) is 13.6 Å². The van der Waals surface area contributed by atoms with Crippen molar-refractivity contribution in [1.29, 1.82) is 0 Å². The zero-order chi connectivity index (χ0) is 21.0. The number of ether oxygens (including phenoxy) is 1. The molecule has 1 aromatic heterocycles. The summed E-state index contributed by atoms with van der Waals surface area (Å²) >= 11 is 4.54. The molecule has 0 saturated carbocycles. The van der Waals surface area contributed by atoms with Crippen molar-refractivity contribution < 1.29 is 18.3 Å². The number of halogens is 3. The van der Waals surface area contributed by atoms with E-state index in [1.165, 1.54) is 16.8 Å². The van der Waals surface area contributed by atoms with Crippen LogP contribution in [0.25, 0.3) is 11.4 Å². The lowest BCUT2D eigenvalue weighted by Crippen LogP contribution is -2.16. The lowest BCUT2D eigenvalue weighted by molar-refractivity contribution is -0.113. The third-order valence-electron chi connectivity index (χ3n) is 3.78. The maximum atomic E-state index is 12.2. The summed E-state index contributed by atoms with van der Waals surface area (Å²) < 4.78 is 31.0. The summed E-state index contributed by atoms with van der Waals surface area (Å²) in [5, 5.41) is 11.1. The summed E-state index contributed by atoms with van der Waals surface area (Å²) in [4.78, 5) is 12.2. The number of amides is 1. The van der Waals surface area contributed by atoms with Crippen LogP contribution in [0.3, 0.4) is 0 Å². The van der Waals surface area contributed by atoms with Crippen LogP contribution in [0.5, 0.6) is 5.75 Å². The molecule has 29 heavy (non-hydrogen) atoms. The van der Waals surface area contributed by atoms with Gasteiger partial charge in [-0.3, -0.25) is 4.79 Å². The SMILES string of the molecule is Cc1cc(NC(=O)CSc2nnc(-c3ccc(OC(F)F)cc3)n2N)ccc1Br. The summed E-state index contributed by atoms with van der Waals surface area (Å²) in [5.41, 5.74) is 2.27. The molecule has 0 aliphatic carbocycles. The summed E-state index contributed by atoms with van der Waals surface area (Å²) in [6.45, 7) is -0.964. The molecule has 2 aromatic carbocycles. The quantitative estimate of drug-likeness (QED) is 0.388. The number of thioether (sulfide) groups is 1. The number of hydrogen-bond donors (Lipinski definition) is 2. The van der Waals surface area contributed by atoms with Crippen LogP contribution in [-0.2, 0) is 4.79 Å². The van der Waals surface area contributed by atoms with Gasteiger partial charge in [0.15, 0.2) is 5.82 Å². The molecule has 3 N–H and O–H groups in total. The smallest absolute Gasteiger partial charge is 0.387 e. The first-order chi connectivity index (χ1) is 13.8. The number of nitrogens with two attached hydrogens (primary N) is 1. The molecule has 0 saturated heterocycles. The highest BCUT2D eigenvalue weighted by Crippen LogP contribution is 2.25. The average molecular weight is 484 g/mol. The van der Waals surface area contributed by atoms with Gasteiger partial charge in [-0.1, -0.05) is 27.7 Å². The molecule has 0 radical (unpaired) electrons. The highest BCUT2D eigenvalue weighted by Gasteiger charge is 2.14. The van der Waals surface area contributed by atoms with E-state index < -0.39 is 6.61 Å².